The minimum Gasteiger partial charge on any atom is -0.485 e. The molecule has 0 spiro atoms. The number of nitrogen functional groups attached to an aromatic ring is 1. The summed E-state index contributed by atoms with van der Waals surface area (Å²) in [5.41, 5.74) is 8.59. The molecule has 4 aromatic rings. The molecule has 0 saturated carbocycles. The molecule has 0 radical (unpaired) electrons. The topological polar surface area (TPSA) is 98.4 Å². The number of nitrogens with one attached hydrogen (secondary N) is 1. The third-order valence-corrected chi connectivity index (χ3v) is 6.28. The summed E-state index contributed by atoms with van der Waals surface area (Å²) in [7, 11) is 0. The molecule has 32 heavy (non-hydrogen) atoms. The van der Waals surface area contributed by atoms with E-state index in [1.54, 1.807) is 17.5 Å². The summed E-state index contributed by atoms with van der Waals surface area (Å²) in [6, 6.07) is 11.7. The first-order valence-corrected chi connectivity index (χ1v) is 11.3. The maximum absolute atomic E-state index is 6.53. The fraction of sp³-hybridized carbons (Fsp3) is 0.227. The molecule has 5 rings (SSSR count). The molecule has 1 fully saturated rings. The van der Waals surface area contributed by atoms with Gasteiger partial charge < -0.3 is 25.4 Å². The Hall–Kier alpha value is -3.14. The number of rotatable bonds is 6. The molecule has 2 aromatic carbocycles. The highest BCUT2D eigenvalue weighted by molar-refractivity contribution is 7.09. The van der Waals surface area contributed by atoms with Crippen molar-refractivity contribution >= 4 is 51.0 Å². The largest absolute Gasteiger partial charge is 0.485 e. The van der Waals surface area contributed by atoms with Crippen LogP contribution in [0, 0.1) is 0 Å². The van der Waals surface area contributed by atoms with Crippen LogP contribution in [0.5, 0.6) is 5.75 Å². The smallest absolute Gasteiger partial charge is 0.208 e. The van der Waals surface area contributed by atoms with E-state index in [1.165, 1.54) is 6.33 Å². The van der Waals surface area contributed by atoms with E-state index < -0.39 is 0 Å². The molecule has 3 N–H and O–H groups in total. The second-order valence-corrected chi connectivity index (χ2v) is 8.79. The van der Waals surface area contributed by atoms with Crippen molar-refractivity contribution in [3.63, 3.8) is 0 Å². The van der Waals surface area contributed by atoms with E-state index in [0.29, 0.717) is 29.8 Å². The van der Waals surface area contributed by atoms with Crippen molar-refractivity contribution in [3.8, 4) is 5.75 Å². The van der Waals surface area contributed by atoms with E-state index in [1.807, 2.05) is 41.8 Å². The predicted octanol–water partition coefficient (Wildman–Crippen LogP) is 4.52. The third kappa shape index (κ3) is 4.14. The summed E-state index contributed by atoms with van der Waals surface area (Å²) >= 11 is 8.08. The molecule has 0 aliphatic carbocycles. The number of hydrogen-bond acceptors (Lipinski definition) is 9. The first kappa shape index (κ1) is 20.7. The standard InChI is InChI=1S/C22H21ClN6O2S/c1-13-10-31-22(28-14-2-4-18-16(8-14)21(24)27-12-26-18)29(13)15-3-5-19(17(23)9-15)30-11-20-25-6-7-32-20/h2-9,12-13,22,28H,10-11H2,1H3,(H2,24,26,27)/t13-,22?/m1/s1. The van der Waals surface area contributed by atoms with Gasteiger partial charge in [-0.25, -0.2) is 15.0 Å². The fourth-order valence-electron chi connectivity index (χ4n) is 3.66. The Bertz CT molecular complexity index is 1240. The zero-order valence-corrected chi connectivity index (χ0v) is 18.8. The van der Waals surface area contributed by atoms with E-state index >= 15 is 0 Å². The van der Waals surface area contributed by atoms with Gasteiger partial charge in [-0.2, -0.15) is 0 Å². The molecular formula is C22H21ClN6O2S. The molecule has 0 bridgehead atoms. The summed E-state index contributed by atoms with van der Waals surface area (Å²) in [5.74, 6) is 1.06. The SMILES string of the molecule is C[C@@H]1COC(Nc2ccc3ncnc(N)c3c2)N1c1ccc(OCc2nccs2)c(Cl)c1. The molecule has 8 nitrogen and oxygen atoms in total. The lowest BCUT2D eigenvalue weighted by atomic mass is 10.2. The number of hydrogen-bond donors (Lipinski definition) is 2. The lowest BCUT2D eigenvalue weighted by Gasteiger charge is -2.30. The molecule has 1 aliphatic heterocycles. The molecule has 1 saturated heterocycles. The molecule has 164 valence electrons. The number of benzene rings is 2. The summed E-state index contributed by atoms with van der Waals surface area (Å²) in [5, 5.41) is 7.57. The fourth-order valence-corrected chi connectivity index (χ4v) is 4.42. The monoisotopic (exact) mass is 468 g/mol. The van der Waals surface area contributed by atoms with E-state index in [9.17, 15) is 0 Å². The van der Waals surface area contributed by atoms with Crippen LogP contribution in [-0.2, 0) is 11.3 Å². The Kier molecular flexibility index (Phi) is 5.69. The predicted molar refractivity (Wildman–Crippen MR) is 127 cm³/mol. The van der Waals surface area contributed by atoms with Crippen LogP contribution in [0.3, 0.4) is 0 Å². The van der Waals surface area contributed by atoms with Crippen LogP contribution in [-0.4, -0.2) is 34.0 Å². The number of aromatic nitrogens is 3. The van der Waals surface area contributed by atoms with Crippen LogP contribution in [0.2, 0.25) is 5.02 Å². The highest BCUT2D eigenvalue weighted by Gasteiger charge is 2.32. The Labute approximate surface area is 194 Å². The summed E-state index contributed by atoms with van der Waals surface area (Å²) < 4.78 is 11.8. The van der Waals surface area contributed by atoms with E-state index in [2.05, 4.69) is 32.1 Å². The molecule has 3 heterocycles. The van der Waals surface area contributed by atoms with E-state index in [4.69, 9.17) is 26.8 Å². The van der Waals surface area contributed by atoms with Gasteiger partial charge >= 0.3 is 0 Å². The minimum atomic E-state index is -0.369. The quantitative estimate of drug-likeness (QED) is 0.426. The maximum atomic E-state index is 6.53. The molecular weight excluding hydrogens is 448 g/mol. The van der Waals surface area contributed by atoms with Crippen LogP contribution in [0.4, 0.5) is 17.2 Å². The first-order chi connectivity index (χ1) is 15.6. The van der Waals surface area contributed by atoms with Gasteiger partial charge in [0.25, 0.3) is 0 Å². The summed E-state index contributed by atoms with van der Waals surface area (Å²) in [6.07, 6.45) is 2.85. The van der Waals surface area contributed by atoms with E-state index in [-0.39, 0.29) is 12.4 Å². The average Bonchev–Trinajstić information content (AvgIpc) is 3.43. The Morgan fingerprint density at radius 2 is 2.16 bits per heavy atom. The number of thiazole rings is 1. The minimum absolute atomic E-state index is 0.152. The van der Waals surface area contributed by atoms with Crippen molar-refractivity contribution in [3.05, 3.63) is 64.3 Å². The number of anilines is 3. The van der Waals surface area contributed by atoms with Gasteiger partial charge in [0.1, 0.15) is 29.5 Å². The normalized spacial score (nSPS) is 18.2. The van der Waals surface area contributed by atoms with Crippen LogP contribution < -0.4 is 20.7 Å². The Morgan fingerprint density at radius 3 is 2.97 bits per heavy atom. The lowest BCUT2D eigenvalue weighted by molar-refractivity contribution is 0.131. The molecule has 0 amide bonds. The zero-order valence-electron chi connectivity index (χ0n) is 17.2. The second-order valence-electron chi connectivity index (χ2n) is 7.41. The van der Waals surface area contributed by atoms with Crippen molar-refractivity contribution in [2.24, 2.45) is 0 Å². The third-order valence-electron chi connectivity index (χ3n) is 5.23. The van der Waals surface area contributed by atoms with Gasteiger partial charge in [-0.1, -0.05) is 11.6 Å². The first-order valence-electron chi connectivity index (χ1n) is 10.1. The molecule has 1 unspecified atom stereocenters. The van der Waals surface area contributed by atoms with Crippen LogP contribution in [0.1, 0.15) is 11.9 Å². The van der Waals surface area contributed by atoms with Gasteiger partial charge in [-0.3, -0.25) is 0 Å². The lowest BCUT2D eigenvalue weighted by Crippen LogP contribution is -2.40. The Balaban J connectivity index is 1.35. The molecule has 1 aliphatic rings. The molecule has 2 atom stereocenters. The van der Waals surface area contributed by atoms with Gasteiger partial charge in [0.2, 0.25) is 6.35 Å². The van der Waals surface area contributed by atoms with Crippen LogP contribution >= 0.6 is 22.9 Å². The van der Waals surface area contributed by atoms with Crippen LogP contribution in [0.15, 0.2) is 54.3 Å². The van der Waals surface area contributed by atoms with Crippen molar-refractivity contribution in [2.45, 2.75) is 25.9 Å². The average molecular weight is 469 g/mol. The van der Waals surface area contributed by atoms with Crippen molar-refractivity contribution < 1.29 is 9.47 Å². The van der Waals surface area contributed by atoms with E-state index in [0.717, 1.165) is 27.3 Å². The molecule has 2 aromatic heterocycles. The van der Waals surface area contributed by atoms with Crippen molar-refractivity contribution in [1.29, 1.82) is 0 Å². The maximum Gasteiger partial charge on any atom is 0.208 e. The van der Waals surface area contributed by atoms with Gasteiger partial charge in [-0.15, -0.1) is 11.3 Å². The number of nitrogens with two attached hydrogens (primary N) is 1. The van der Waals surface area contributed by atoms with Gasteiger partial charge in [0, 0.05) is 28.3 Å². The summed E-state index contributed by atoms with van der Waals surface area (Å²) in [4.78, 5) is 14.7. The number of halogens is 1. The number of ether oxygens (including phenoxy) is 2. The zero-order chi connectivity index (χ0) is 22.1. The summed E-state index contributed by atoms with van der Waals surface area (Å²) in [6.45, 7) is 3.07. The van der Waals surface area contributed by atoms with Gasteiger partial charge in [-0.05, 0) is 43.3 Å². The Morgan fingerprint density at radius 1 is 1.25 bits per heavy atom. The van der Waals surface area contributed by atoms with Crippen LogP contribution in [0.25, 0.3) is 10.9 Å². The van der Waals surface area contributed by atoms with Crippen molar-refractivity contribution in [1.82, 2.24) is 15.0 Å². The number of fused-ring (bicyclic) bond motifs is 1. The number of nitrogens with zero attached hydrogens (tertiary/aromatic N) is 4. The molecule has 10 heteroatoms. The highest BCUT2D eigenvalue weighted by Crippen LogP contribution is 2.34. The second kappa shape index (κ2) is 8.78. The van der Waals surface area contributed by atoms with Gasteiger partial charge in [0.15, 0.2) is 0 Å². The van der Waals surface area contributed by atoms with Gasteiger partial charge in [0.05, 0.1) is 23.2 Å². The highest BCUT2D eigenvalue weighted by atomic mass is 35.5. The van der Waals surface area contributed by atoms with Crippen molar-refractivity contribution in [2.75, 3.05) is 22.6 Å².